The average molecular weight is 322 g/mol. The SMILES string of the molecule is CC.CCN(CC)CCOc1ccc(OC2CCNCC2)cc1. The Kier molecular flexibility index (Phi) is 10.5. The lowest BCUT2D eigenvalue weighted by molar-refractivity contribution is 0.162. The van der Waals surface area contributed by atoms with E-state index in [9.17, 15) is 0 Å². The van der Waals surface area contributed by atoms with E-state index in [0.29, 0.717) is 6.10 Å². The molecule has 0 atom stereocenters. The van der Waals surface area contributed by atoms with Gasteiger partial charge in [0.05, 0.1) is 0 Å². The van der Waals surface area contributed by atoms with Crippen LogP contribution in [0, 0.1) is 0 Å². The van der Waals surface area contributed by atoms with Crippen molar-refractivity contribution in [1.29, 1.82) is 0 Å². The molecule has 1 aliphatic rings. The molecule has 1 aliphatic heterocycles. The molecule has 0 amide bonds. The van der Waals surface area contributed by atoms with Crippen LogP contribution in [0.4, 0.5) is 0 Å². The van der Waals surface area contributed by atoms with Crippen LogP contribution in [0.25, 0.3) is 0 Å². The first-order chi connectivity index (χ1) is 11.3. The molecule has 0 radical (unpaired) electrons. The van der Waals surface area contributed by atoms with Gasteiger partial charge in [-0.25, -0.2) is 0 Å². The van der Waals surface area contributed by atoms with E-state index in [1.54, 1.807) is 0 Å². The summed E-state index contributed by atoms with van der Waals surface area (Å²) in [5, 5.41) is 3.35. The van der Waals surface area contributed by atoms with Crippen molar-refractivity contribution in [3.63, 3.8) is 0 Å². The molecule has 0 spiro atoms. The normalized spacial score (nSPS) is 15.0. The Bertz CT molecular complexity index is 385. The molecular formula is C19H34N2O2. The van der Waals surface area contributed by atoms with Crippen LogP contribution >= 0.6 is 0 Å². The topological polar surface area (TPSA) is 33.7 Å². The van der Waals surface area contributed by atoms with Gasteiger partial charge in [-0.15, -0.1) is 0 Å². The van der Waals surface area contributed by atoms with Gasteiger partial charge in [-0.2, -0.15) is 0 Å². The molecule has 2 rings (SSSR count). The number of hydrogen-bond acceptors (Lipinski definition) is 4. The van der Waals surface area contributed by atoms with E-state index in [1.807, 2.05) is 38.1 Å². The van der Waals surface area contributed by atoms with E-state index in [4.69, 9.17) is 9.47 Å². The van der Waals surface area contributed by atoms with Crippen molar-refractivity contribution in [3.8, 4) is 11.5 Å². The van der Waals surface area contributed by atoms with E-state index < -0.39 is 0 Å². The number of piperidine rings is 1. The molecule has 1 aromatic rings. The van der Waals surface area contributed by atoms with Crippen LogP contribution < -0.4 is 14.8 Å². The molecule has 1 heterocycles. The van der Waals surface area contributed by atoms with Crippen LogP contribution in [0.15, 0.2) is 24.3 Å². The summed E-state index contributed by atoms with van der Waals surface area (Å²) in [6.45, 7) is 14.3. The first-order valence-electron chi connectivity index (χ1n) is 9.14. The van der Waals surface area contributed by atoms with Gasteiger partial charge in [0.15, 0.2) is 0 Å². The van der Waals surface area contributed by atoms with Crippen LogP contribution in [0.3, 0.4) is 0 Å². The highest BCUT2D eigenvalue weighted by Gasteiger charge is 2.14. The second-order valence-electron chi connectivity index (χ2n) is 5.41. The van der Waals surface area contributed by atoms with Gasteiger partial charge in [0.1, 0.15) is 24.2 Å². The third-order valence-electron chi connectivity index (χ3n) is 3.98. The molecule has 1 aromatic carbocycles. The zero-order chi connectivity index (χ0) is 16.9. The first-order valence-corrected chi connectivity index (χ1v) is 9.14. The molecule has 4 heteroatoms. The molecule has 4 nitrogen and oxygen atoms in total. The summed E-state index contributed by atoms with van der Waals surface area (Å²) in [6, 6.07) is 8.01. The Morgan fingerprint density at radius 2 is 1.57 bits per heavy atom. The molecule has 1 N–H and O–H groups in total. The van der Waals surface area contributed by atoms with Crippen molar-refractivity contribution in [1.82, 2.24) is 10.2 Å². The van der Waals surface area contributed by atoms with E-state index in [1.165, 1.54) is 0 Å². The minimum absolute atomic E-state index is 0.348. The van der Waals surface area contributed by atoms with Gasteiger partial charge in [-0.05, 0) is 63.3 Å². The van der Waals surface area contributed by atoms with Crippen LogP contribution in [0.1, 0.15) is 40.5 Å². The Hall–Kier alpha value is -1.26. The minimum atomic E-state index is 0.348. The lowest BCUT2D eigenvalue weighted by Crippen LogP contribution is -2.34. The standard InChI is InChI=1S/C17H28N2O2.C2H6/c1-3-19(4-2)13-14-20-15-5-7-16(8-6-15)21-17-9-11-18-12-10-17;1-2/h5-8,17-18H,3-4,9-14H2,1-2H3;1-2H3. The van der Waals surface area contributed by atoms with Crippen molar-refractivity contribution in [2.45, 2.75) is 46.6 Å². The van der Waals surface area contributed by atoms with Gasteiger partial charge in [0, 0.05) is 6.54 Å². The maximum Gasteiger partial charge on any atom is 0.119 e. The Balaban J connectivity index is 0.00000127. The second kappa shape index (κ2) is 12.2. The van der Waals surface area contributed by atoms with E-state index in [2.05, 4.69) is 24.1 Å². The van der Waals surface area contributed by atoms with Crippen LogP contribution in [0.5, 0.6) is 11.5 Å². The van der Waals surface area contributed by atoms with Crippen molar-refractivity contribution < 1.29 is 9.47 Å². The number of nitrogens with one attached hydrogen (secondary N) is 1. The Morgan fingerprint density at radius 3 is 2.13 bits per heavy atom. The maximum absolute atomic E-state index is 5.98. The predicted octanol–water partition coefficient (Wildman–Crippen LogP) is 3.56. The predicted molar refractivity (Wildman–Crippen MR) is 97.6 cm³/mol. The van der Waals surface area contributed by atoms with E-state index in [0.717, 1.165) is 63.7 Å². The quantitative estimate of drug-likeness (QED) is 0.793. The lowest BCUT2D eigenvalue weighted by Gasteiger charge is -2.24. The summed E-state index contributed by atoms with van der Waals surface area (Å²) in [4.78, 5) is 2.36. The zero-order valence-electron chi connectivity index (χ0n) is 15.3. The summed E-state index contributed by atoms with van der Waals surface area (Å²) >= 11 is 0. The highest BCUT2D eigenvalue weighted by atomic mass is 16.5. The van der Waals surface area contributed by atoms with Gasteiger partial charge in [-0.1, -0.05) is 27.7 Å². The average Bonchev–Trinajstić information content (AvgIpc) is 2.63. The number of nitrogens with zero attached hydrogens (tertiary/aromatic N) is 1. The van der Waals surface area contributed by atoms with Crippen LogP contribution in [0.2, 0.25) is 0 Å². The van der Waals surface area contributed by atoms with Crippen LogP contribution in [-0.4, -0.2) is 50.3 Å². The third kappa shape index (κ3) is 7.71. The number of benzene rings is 1. The molecule has 0 aliphatic carbocycles. The summed E-state index contributed by atoms with van der Waals surface area (Å²) in [7, 11) is 0. The molecule has 0 saturated carbocycles. The summed E-state index contributed by atoms with van der Waals surface area (Å²) < 4.78 is 11.8. The monoisotopic (exact) mass is 322 g/mol. The van der Waals surface area contributed by atoms with Gasteiger partial charge in [-0.3, -0.25) is 0 Å². The van der Waals surface area contributed by atoms with Crippen molar-refractivity contribution in [2.75, 3.05) is 39.3 Å². The van der Waals surface area contributed by atoms with Gasteiger partial charge < -0.3 is 19.7 Å². The Morgan fingerprint density at radius 1 is 1.00 bits per heavy atom. The van der Waals surface area contributed by atoms with Crippen molar-refractivity contribution in [3.05, 3.63) is 24.3 Å². The summed E-state index contributed by atoms with van der Waals surface area (Å²) in [6.07, 6.45) is 2.52. The molecule has 1 saturated heterocycles. The summed E-state index contributed by atoms with van der Waals surface area (Å²) in [5.41, 5.74) is 0. The smallest absolute Gasteiger partial charge is 0.119 e. The minimum Gasteiger partial charge on any atom is -0.492 e. The maximum atomic E-state index is 5.98. The fourth-order valence-corrected chi connectivity index (χ4v) is 2.55. The fourth-order valence-electron chi connectivity index (χ4n) is 2.55. The molecule has 0 bridgehead atoms. The molecule has 0 aromatic heterocycles. The summed E-state index contributed by atoms with van der Waals surface area (Å²) in [5.74, 6) is 1.86. The number of rotatable bonds is 8. The first kappa shape index (κ1) is 19.8. The number of ether oxygens (including phenoxy) is 2. The molecule has 1 fully saturated rings. The largest absolute Gasteiger partial charge is 0.492 e. The third-order valence-corrected chi connectivity index (χ3v) is 3.98. The van der Waals surface area contributed by atoms with Crippen molar-refractivity contribution >= 4 is 0 Å². The molecule has 0 unspecified atom stereocenters. The number of likely N-dealkylation sites (N-methyl/N-ethyl adjacent to an activating group) is 1. The zero-order valence-corrected chi connectivity index (χ0v) is 15.3. The molecular weight excluding hydrogens is 288 g/mol. The highest BCUT2D eigenvalue weighted by Crippen LogP contribution is 2.20. The van der Waals surface area contributed by atoms with E-state index >= 15 is 0 Å². The molecule has 132 valence electrons. The van der Waals surface area contributed by atoms with Gasteiger partial charge in [0.25, 0.3) is 0 Å². The second-order valence-corrected chi connectivity index (χ2v) is 5.41. The highest BCUT2D eigenvalue weighted by molar-refractivity contribution is 5.31. The van der Waals surface area contributed by atoms with Crippen LogP contribution in [-0.2, 0) is 0 Å². The van der Waals surface area contributed by atoms with E-state index in [-0.39, 0.29) is 0 Å². The van der Waals surface area contributed by atoms with Gasteiger partial charge in [0.2, 0.25) is 0 Å². The fraction of sp³-hybridized carbons (Fsp3) is 0.684. The molecule has 23 heavy (non-hydrogen) atoms. The van der Waals surface area contributed by atoms with Crippen molar-refractivity contribution in [2.24, 2.45) is 0 Å². The number of hydrogen-bond donors (Lipinski definition) is 1. The Labute approximate surface area is 142 Å². The lowest BCUT2D eigenvalue weighted by atomic mass is 10.1. The van der Waals surface area contributed by atoms with Gasteiger partial charge >= 0.3 is 0 Å².